The highest BCUT2D eigenvalue weighted by molar-refractivity contribution is 5.90. The molecule has 110 valence electrons. The van der Waals surface area contributed by atoms with E-state index in [1.165, 1.54) is 7.11 Å². The quantitative estimate of drug-likeness (QED) is 0.820. The molecule has 5 nitrogen and oxygen atoms in total. The Hall–Kier alpha value is -2.40. The van der Waals surface area contributed by atoms with Gasteiger partial charge in [0, 0.05) is 25.8 Å². The van der Waals surface area contributed by atoms with Crippen LogP contribution >= 0.6 is 0 Å². The maximum Gasteiger partial charge on any atom is 0.338 e. The van der Waals surface area contributed by atoms with Crippen molar-refractivity contribution in [3.63, 3.8) is 0 Å². The van der Waals surface area contributed by atoms with Crippen molar-refractivity contribution in [2.75, 3.05) is 25.1 Å². The molecule has 5 heteroatoms. The summed E-state index contributed by atoms with van der Waals surface area (Å²) in [6.07, 6.45) is 1.61. The van der Waals surface area contributed by atoms with E-state index in [1.54, 1.807) is 18.3 Å². The van der Waals surface area contributed by atoms with Gasteiger partial charge in [-0.05, 0) is 17.7 Å². The molecule has 2 rings (SSSR count). The molecular formula is C16H19N3O2. The number of carbonyl (C=O) groups excluding carboxylic acids is 1. The summed E-state index contributed by atoms with van der Waals surface area (Å²) in [5.74, 6) is 0.346. The number of hydrogen-bond acceptors (Lipinski definition) is 5. The fourth-order valence-electron chi connectivity index (χ4n) is 2.07. The summed E-state index contributed by atoms with van der Waals surface area (Å²) in [5, 5.41) is 0. The Morgan fingerprint density at radius 2 is 2.05 bits per heavy atom. The first-order valence-corrected chi connectivity index (χ1v) is 6.78. The van der Waals surface area contributed by atoms with Gasteiger partial charge in [-0.15, -0.1) is 0 Å². The van der Waals surface area contributed by atoms with E-state index in [4.69, 9.17) is 10.5 Å². The first-order chi connectivity index (χ1) is 10.2. The van der Waals surface area contributed by atoms with Crippen LogP contribution in [0.3, 0.4) is 0 Å². The van der Waals surface area contributed by atoms with Crippen LogP contribution in [0.4, 0.5) is 5.82 Å². The van der Waals surface area contributed by atoms with Gasteiger partial charge in [-0.1, -0.05) is 30.3 Å². The van der Waals surface area contributed by atoms with Crippen molar-refractivity contribution in [2.45, 2.75) is 6.54 Å². The number of rotatable bonds is 6. The first-order valence-electron chi connectivity index (χ1n) is 6.78. The SMILES string of the molecule is COC(=O)c1ccnc(N(CCN)Cc2ccccc2)c1. The summed E-state index contributed by atoms with van der Waals surface area (Å²) in [5.41, 5.74) is 7.33. The molecule has 0 atom stereocenters. The Kier molecular flexibility index (Phi) is 5.29. The molecule has 0 spiro atoms. The van der Waals surface area contributed by atoms with E-state index in [0.29, 0.717) is 31.0 Å². The van der Waals surface area contributed by atoms with Crippen molar-refractivity contribution in [1.82, 2.24) is 4.98 Å². The maximum absolute atomic E-state index is 11.6. The lowest BCUT2D eigenvalue weighted by Gasteiger charge is -2.23. The van der Waals surface area contributed by atoms with E-state index in [2.05, 4.69) is 4.98 Å². The van der Waals surface area contributed by atoms with Crippen molar-refractivity contribution in [1.29, 1.82) is 0 Å². The lowest BCUT2D eigenvalue weighted by Crippen LogP contribution is -2.29. The van der Waals surface area contributed by atoms with Gasteiger partial charge < -0.3 is 15.4 Å². The van der Waals surface area contributed by atoms with Crippen molar-refractivity contribution >= 4 is 11.8 Å². The molecule has 0 aliphatic carbocycles. The van der Waals surface area contributed by atoms with Crippen LogP contribution < -0.4 is 10.6 Å². The van der Waals surface area contributed by atoms with Crippen LogP contribution in [0.25, 0.3) is 0 Å². The molecule has 2 N–H and O–H groups in total. The minimum Gasteiger partial charge on any atom is -0.465 e. The normalized spacial score (nSPS) is 10.2. The number of nitrogens with zero attached hydrogens (tertiary/aromatic N) is 2. The average molecular weight is 285 g/mol. The summed E-state index contributed by atoms with van der Waals surface area (Å²) in [7, 11) is 1.37. The van der Waals surface area contributed by atoms with E-state index in [-0.39, 0.29) is 5.97 Å². The second-order valence-electron chi connectivity index (χ2n) is 4.59. The van der Waals surface area contributed by atoms with E-state index in [0.717, 1.165) is 5.56 Å². The van der Waals surface area contributed by atoms with Gasteiger partial charge in [0.1, 0.15) is 5.82 Å². The molecule has 0 saturated heterocycles. The van der Waals surface area contributed by atoms with Crippen LogP contribution in [0.15, 0.2) is 48.7 Å². The van der Waals surface area contributed by atoms with E-state index >= 15 is 0 Å². The number of hydrogen-bond donors (Lipinski definition) is 1. The molecule has 0 fully saturated rings. The molecule has 0 unspecified atom stereocenters. The van der Waals surface area contributed by atoms with Gasteiger partial charge in [0.05, 0.1) is 12.7 Å². The Morgan fingerprint density at radius 3 is 2.71 bits per heavy atom. The molecule has 1 aromatic carbocycles. The molecule has 1 aromatic heterocycles. The van der Waals surface area contributed by atoms with E-state index in [9.17, 15) is 4.79 Å². The summed E-state index contributed by atoms with van der Waals surface area (Å²) < 4.78 is 4.74. The van der Waals surface area contributed by atoms with Gasteiger partial charge in [-0.25, -0.2) is 9.78 Å². The molecule has 2 aromatic rings. The van der Waals surface area contributed by atoms with Gasteiger partial charge >= 0.3 is 5.97 Å². The molecule has 0 amide bonds. The molecule has 0 bridgehead atoms. The molecule has 0 aliphatic rings. The highest BCUT2D eigenvalue weighted by atomic mass is 16.5. The van der Waals surface area contributed by atoms with Crippen LogP contribution in [0.1, 0.15) is 15.9 Å². The Morgan fingerprint density at radius 1 is 1.29 bits per heavy atom. The lowest BCUT2D eigenvalue weighted by atomic mass is 10.2. The topological polar surface area (TPSA) is 68.5 Å². The van der Waals surface area contributed by atoms with Crippen LogP contribution in [-0.4, -0.2) is 31.2 Å². The van der Waals surface area contributed by atoms with Gasteiger partial charge in [0.2, 0.25) is 0 Å². The largest absolute Gasteiger partial charge is 0.465 e. The minimum atomic E-state index is -0.369. The van der Waals surface area contributed by atoms with Crippen LogP contribution in [0.5, 0.6) is 0 Å². The maximum atomic E-state index is 11.6. The van der Waals surface area contributed by atoms with Crippen molar-refractivity contribution in [2.24, 2.45) is 5.73 Å². The number of benzene rings is 1. The Balaban J connectivity index is 2.23. The second kappa shape index (κ2) is 7.40. The highest BCUT2D eigenvalue weighted by Gasteiger charge is 2.12. The fraction of sp³-hybridized carbons (Fsp3) is 0.250. The third-order valence-electron chi connectivity index (χ3n) is 3.11. The number of ether oxygens (including phenoxy) is 1. The Labute approximate surface area is 124 Å². The molecule has 21 heavy (non-hydrogen) atoms. The molecule has 0 saturated carbocycles. The number of nitrogens with two attached hydrogens (primary N) is 1. The molecular weight excluding hydrogens is 266 g/mol. The molecule has 0 aliphatic heterocycles. The summed E-state index contributed by atoms with van der Waals surface area (Å²) in [6, 6.07) is 13.4. The Bertz CT molecular complexity index is 587. The number of methoxy groups -OCH3 is 1. The van der Waals surface area contributed by atoms with E-state index in [1.807, 2.05) is 35.2 Å². The summed E-state index contributed by atoms with van der Waals surface area (Å²) in [6.45, 7) is 1.86. The monoisotopic (exact) mass is 285 g/mol. The van der Waals surface area contributed by atoms with E-state index < -0.39 is 0 Å². The third kappa shape index (κ3) is 4.03. The van der Waals surface area contributed by atoms with Crippen molar-refractivity contribution in [3.8, 4) is 0 Å². The second-order valence-corrected chi connectivity index (χ2v) is 4.59. The average Bonchev–Trinajstić information content (AvgIpc) is 2.55. The first kappa shape index (κ1) is 15.0. The lowest BCUT2D eigenvalue weighted by molar-refractivity contribution is 0.0600. The summed E-state index contributed by atoms with van der Waals surface area (Å²) in [4.78, 5) is 18.0. The van der Waals surface area contributed by atoms with Crippen molar-refractivity contribution in [3.05, 3.63) is 59.8 Å². The highest BCUT2D eigenvalue weighted by Crippen LogP contribution is 2.16. The van der Waals surface area contributed by atoms with Crippen LogP contribution in [0.2, 0.25) is 0 Å². The predicted octanol–water partition coefficient (Wildman–Crippen LogP) is 1.83. The standard InChI is InChI=1S/C16H19N3O2/c1-21-16(20)14-7-9-18-15(11-14)19(10-8-17)12-13-5-3-2-4-6-13/h2-7,9,11H,8,10,12,17H2,1H3. The predicted molar refractivity (Wildman–Crippen MR) is 82.1 cm³/mol. The molecule has 1 heterocycles. The van der Waals surface area contributed by atoms with Crippen molar-refractivity contribution < 1.29 is 9.53 Å². The van der Waals surface area contributed by atoms with Gasteiger partial charge in [0.25, 0.3) is 0 Å². The van der Waals surface area contributed by atoms with Gasteiger partial charge in [-0.2, -0.15) is 0 Å². The number of carbonyl (C=O) groups is 1. The van der Waals surface area contributed by atoms with Gasteiger partial charge in [0.15, 0.2) is 0 Å². The summed E-state index contributed by atoms with van der Waals surface area (Å²) >= 11 is 0. The number of anilines is 1. The number of aromatic nitrogens is 1. The number of esters is 1. The smallest absolute Gasteiger partial charge is 0.338 e. The zero-order valence-corrected chi connectivity index (χ0v) is 12.0. The fourth-order valence-corrected chi connectivity index (χ4v) is 2.07. The zero-order valence-electron chi connectivity index (χ0n) is 12.0. The molecule has 0 radical (unpaired) electrons. The minimum absolute atomic E-state index is 0.369. The van der Waals surface area contributed by atoms with Gasteiger partial charge in [-0.3, -0.25) is 0 Å². The van der Waals surface area contributed by atoms with Crippen LogP contribution in [0, 0.1) is 0 Å². The third-order valence-corrected chi connectivity index (χ3v) is 3.11. The zero-order chi connectivity index (χ0) is 15.1. The van der Waals surface area contributed by atoms with Crippen LogP contribution in [-0.2, 0) is 11.3 Å². The number of pyridine rings is 1.